The molecule has 5 nitrogen and oxygen atoms in total. The Morgan fingerprint density at radius 2 is 2.12 bits per heavy atom. The minimum absolute atomic E-state index is 0.0636. The van der Waals surface area contributed by atoms with E-state index in [1.54, 1.807) is 19.2 Å². The normalized spacial score (nSPS) is 16.9. The summed E-state index contributed by atoms with van der Waals surface area (Å²) in [6, 6.07) is 7.20. The summed E-state index contributed by atoms with van der Waals surface area (Å²) < 4.78 is 0. The van der Waals surface area contributed by atoms with E-state index in [4.69, 9.17) is 5.11 Å². The SMILES string of the molecule is CN1C(=O)/C(=C\C(=O)O)Nc2ccccc21. The van der Waals surface area contributed by atoms with Gasteiger partial charge in [-0.1, -0.05) is 12.1 Å². The number of para-hydroxylation sites is 2. The molecule has 0 radical (unpaired) electrons. The van der Waals surface area contributed by atoms with Gasteiger partial charge in [-0.25, -0.2) is 4.79 Å². The zero-order valence-electron chi connectivity index (χ0n) is 8.60. The first-order chi connectivity index (χ1) is 7.59. The Labute approximate surface area is 92.0 Å². The number of carboxylic acids is 1. The van der Waals surface area contributed by atoms with Crippen molar-refractivity contribution in [2.24, 2.45) is 0 Å². The summed E-state index contributed by atoms with van der Waals surface area (Å²) >= 11 is 0. The lowest BCUT2D eigenvalue weighted by atomic mass is 10.1. The molecule has 16 heavy (non-hydrogen) atoms. The Balaban J connectivity index is 2.47. The number of hydrogen-bond acceptors (Lipinski definition) is 3. The van der Waals surface area contributed by atoms with Crippen LogP contribution in [0.2, 0.25) is 0 Å². The van der Waals surface area contributed by atoms with Crippen molar-refractivity contribution < 1.29 is 14.7 Å². The Morgan fingerprint density at radius 1 is 1.44 bits per heavy atom. The largest absolute Gasteiger partial charge is 0.478 e. The number of carbonyl (C=O) groups excluding carboxylic acids is 1. The molecule has 5 heteroatoms. The van der Waals surface area contributed by atoms with Gasteiger partial charge < -0.3 is 15.3 Å². The van der Waals surface area contributed by atoms with Crippen LogP contribution in [0.3, 0.4) is 0 Å². The summed E-state index contributed by atoms with van der Waals surface area (Å²) in [6.07, 6.45) is 0.870. The summed E-state index contributed by atoms with van der Waals surface area (Å²) in [4.78, 5) is 23.7. The van der Waals surface area contributed by atoms with E-state index < -0.39 is 5.97 Å². The van der Waals surface area contributed by atoms with E-state index in [1.807, 2.05) is 12.1 Å². The van der Waals surface area contributed by atoms with Gasteiger partial charge in [-0.05, 0) is 12.1 Å². The van der Waals surface area contributed by atoms with Gasteiger partial charge in [-0.15, -0.1) is 0 Å². The second kappa shape index (κ2) is 3.69. The maximum atomic E-state index is 11.8. The quantitative estimate of drug-likeness (QED) is 0.691. The average molecular weight is 218 g/mol. The van der Waals surface area contributed by atoms with E-state index in [0.29, 0.717) is 0 Å². The molecule has 0 unspecified atom stereocenters. The minimum atomic E-state index is -1.15. The minimum Gasteiger partial charge on any atom is -0.478 e. The van der Waals surface area contributed by atoms with Gasteiger partial charge in [0, 0.05) is 7.05 Å². The molecule has 1 heterocycles. The lowest BCUT2D eigenvalue weighted by molar-refractivity contribution is -0.131. The first-order valence-corrected chi connectivity index (χ1v) is 4.68. The van der Waals surface area contributed by atoms with Crippen molar-refractivity contribution in [1.82, 2.24) is 0 Å². The predicted octanol–water partition coefficient (Wildman–Crippen LogP) is 1.04. The van der Waals surface area contributed by atoms with E-state index in [1.165, 1.54) is 4.90 Å². The maximum absolute atomic E-state index is 11.8. The smallest absolute Gasteiger partial charge is 0.330 e. The van der Waals surface area contributed by atoms with Gasteiger partial charge in [0.1, 0.15) is 5.70 Å². The van der Waals surface area contributed by atoms with Gasteiger partial charge in [0.15, 0.2) is 0 Å². The number of carboxylic acid groups (broad SMARTS) is 1. The number of anilines is 2. The van der Waals surface area contributed by atoms with Crippen molar-refractivity contribution in [3.63, 3.8) is 0 Å². The molecule has 0 bridgehead atoms. The fourth-order valence-corrected chi connectivity index (χ4v) is 1.58. The van der Waals surface area contributed by atoms with Crippen LogP contribution in [0.5, 0.6) is 0 Å². The number of nitrogens with one attached hydrogen (secondary N) is 1. The van der Waals surface area contributed by atoms with Crippen LogP contribution < -0.4 is 10.2 Å². The number of fused-ring (bicyclic) bond motifs is 1. The molecule has 1 aromatic carbocycles. The molecule has 0 atom stereocenters. The van der Waals surface area contributed by atoms with Crippen LogP contribution in [-0.2, 0) is 9.59 Å². The van der Waals surface area contributed by atoms with Crippen LogP contribution in [-0.4, -0.2) is 24.0 Å². The van der Waals surface area contributed by atoms with Crippen LogP contribution in [0.15, 0.2) is 36.0 Å². The van der Waals surface area contributed by atoms with Crippen molar-refractivity contribution in [1.29, 1.82) is 0 Å². The Hall–Kier alpha value is -2.30. The van der Waals surface area contributed by atoms with Crippen LogP contribution in [0, 0.1) is 0 Å². The number of nitrogens with zero attached hydrogens (tertiary/aromatic N) is 1. The summed E-state index contributed by atoms with van der Waals surface area (Å²) in [6.45, 7) is 0. The molecule has 0 fully saturated rings. The second-order valence-electron chi connectivity index (χ2n) is 3.40. The molecule has 2 N–H and O–H groups in total. The van der Waals surface area contributed by atoms with Gasteiger partial charge >= 0.3 is 5.97 Å². The lowest BCUT2D eigenvalue weighted by Crippen LogP contribution is -2.35. The third-order valence-corrected chi connectivity index (χ3v) is 2.34. The van der Waals surface area contributed by atoms with Crippen LogP contribution >= 0.6 is 0 Å². The molecule has 1 amide bonds. The van der Waals surface area contributed by atoms with Crippen LogP contribution in [0.4, 0.5) is 11.4 Å². The van der Waals surface area contributed by atoms with Crippen LogP contribution in [0.1, 0.15) is 0 Å². The lowest BCUT2D eigenvalue weighted by Gasteiger charge is -2.28. The van der Waals surface area contributed by atoms with Gasteiger partial charge in [0.2, 0.25) is 0 Å². The molecule has 1 aliphatic heterocycles. The second-order valence-corrected chi connectivity index (χ2v) is 3.40. The zero-order chi connectivity index (χ0) is 11.7. The molecule has 0 saturated carbocycles. The van der Waals surface area contributed by atoms with Gasteiger partial charge in [0.05, 0.1) is 17.5 Å². The number of aliphatic carboxylic acids is 1. The molecule has 1 aromatic rings. The summed E-state index contributed by atoms with van der Waals surface area (Å²) in [5.41, 5.74) is 1.51. The fraction of sp³-hybridized carbons (Fsp3) is 0.0909. The summed E-state index contributed by atoms with van der Waals surface area (Å²) in [5, 5.41) is 11.4. The Bertz CT molecular complexity index is 494. The van der Waals surface area contributed by atoms with E-state index in [2.05, 4.69) is 5.32 Å². The highest BCUT2D eigenvalue weighted by atomic mass is 16.4. The molecule has 82 valence electrons. The number of likely N-dealkylation sites (N-methyl/N-ethyl adjacent to an activating group) is 1. The molecule has 2 rings (SSSR count). The van der Waals surface area contributed by atoms with Gasteiger partial charge in [0.25, 0.3) is 5.91 Å². The highest BCUT2D eigenvalue weighted by Crippen LogP contribution is 2.30. The first kappa shape index (κ1) is 10.2. The zero-order valence-corrected chi connectivity index (χ0v) is 8.60. The van der Waals surface area contributed by atoms with E-state index in [0.717, 1.165) is 17.5 Å². The number of benzene rings is 1. The summed E-state index contributed by atoms with van der Waals surface area (Å²) in [7, 11) is 1.61. The highest BCUT2D eigenvalue weighted by Gasteiger charge is 2.25. The topological polar surface area (TPSA) is 69.6 Å². The highest BCUT2D eigenvalue weighted by molar-refractivity contribution is 6.14. The number of amides is 1. The van der Waals surface area contributed by atoms with Crippen molar-refractivity contribution in [2.75, 3.05) is 17.3 Å². The van der Waals surface area contributed by atoms with Crippen LogP contribution in [0.25, 0.3) is 0 Å². The summed E-state index contributed by atoms with van der Waals surface area (Å²) in [5.74, 6) is -1.51. The standard InChI is InChI=1S/C11H10N2O3/c1-13-9-5-3-2-4-7(9)12-8(11(13)16)6-10(14)15/h2-6,12H,1H3,(H,14,15)/b8-6+. The van der Waals surface area contributed by atoms with Crippen molar-refractivity contribution in [3.8, 4) is 0 Å². The third-order valence-electron chi connectivity index (χ3n) is 2.34. The van der Waals surface area contributed by atoms with E-state index in [-0.39, 0.29) is 11.6 Å². The monoisotopic (exact) mass is 218 g/mol. The van der Waals surface area contributed by atoms with Crippen molar-refractivity contribution >= 4 is 23.3 Å². The number of hydrogen-bond donors (Lipinski definition) is 2. The molecule has 0 saturated heterocycles. The van der Waals surface area contributed by atoms with Crippen molar-refractivity contribution in [3.05, 3.63) is 36.0 Å². The van der Waals surface area contributed by atoms with E-state index in [9.17, 15) is 9.59 Å². The fourth-order valence-electron chi connectivity index (χ4n) is 1.58. The molecule has 0 aliphatic carbocycles. The number of carbonyl (C=O) groups is 2. The molecule has 1 aliphatic rings. The Morgan fingerprint density at radius 3 is 2.81 bits per heavy atom. The van der Waals surface area contributed by atoms with Gasteiger partial charge in [-0.2, -0.15) is 0 Å². The van der Waals surface area contributed by atoms with E-state index >= 15 is 0 Å². The maximum Gasteiger partial charge on any atom is 0.330 e. The Kier molecular flexibility index (Phi) is 2.36. The first-order valence-electron chi connectivity index (χ1n) is 4.68. The average Bonchev–Trinajstić information content (AvgIpc) is 2.25. The molecule has 0 spiro atoms. The third kappa shape index (κ3) is 1.63. The molecular weight excluding hydrogens is 208 g/mol. The molecule has 0 aromatic heterocycles. The number of rotatable bonds is 1. The predicted molar refractivity (Wildman–Crippen MR) is 59.2 cm³/mol. The molecular formula is C11H10N2O3. The van der Waals surface area contributed by atoms with Crippen molar-refractivity contribution in [2.45, 2.75) is 0 Å². The van der Waals surface area contributed by atoms with Gasteiger partial charge in [-0.3, -0.25) is 4.79 Å².